The van der Waals surface area contributed by atoms with Crippen molar-refractivity contribution in [1.29, 1.82) is 0 Å². The third-order valence-electron chi connectivity index (χ3n) is 3.70. The van der Waals surface area contributed by atoms with E-state index in [0.29, 0.717) is 0 Å². The number of imidazole rings is 1. The number of benzene rings is 2. The molecule has 2 aromatic carbocycles. The van der Waals surface area contributed by atoms with Crippen LogP contribution in [0.4, 0.5) is 0 Å². The van der Waals surface area contributed by atoms with Gasteiger partial charge in [-0.15, -0.1) is 0 Å². The summed E-state index contributed by atoms with van der Waals surface area (Å²) in [4.78, 5) is 4.80. The van der Waals surface area contributed by atoms with Crippen molar-refractivity contribution in [2.45, 2.75) is 26.3 Å². The van der Waals surface area contributed by atoms with E-state index >= 15 is 0 Å². The fraction of sp³-hybridized carbons (Fsp3) is 0.278. The molecule has 3 rings (SSSR count). The molecule has 116 valence electrons. The molecule has 0 unspecified atom stereocenters. The van der Waals surface area contributed by atoms with Gasteiger partial charge in [-0.2, -0.15) is 0 Å². The summed E-state index contributed by atoms with van der Waals surface area (Å²) in [5.41, 5.74) is 3.56. The van der Waals surface area contributed by atoms with Crippen LogP contribution in [0.5, 0.6) is 5.75 Å². The summed E-state index contributed by atoms with van der Waals surface area (Å²) in [6.45, 7) is 3.21. The lowest BCUT2D eigenvalue weighted by Gasteiger charge is -2.08. The fourth-order valence-electron chi connectivity index (χ4n) is 2.66. The Morgan fingerprint density at radius 1 is 1.05 bits per heavy atom. The molecule has 0 atom stereocenters. The molecule has 4 heteroatoms. The van der Waals surface area contributed by atoms with Gasteiger partial charge >= 0.3 is 0 Å². The van der Waals surface area contributed by atoms with Gasteiger partial charge in [-0.1, -0.05) is 31.2 Å². The summed E-state index contributed by atoms with van der Waals surface area (Å²) in [7, 11) is 1.69. The molecular weight excluding hydrogens is 296 g/mol. The highest BCUT2D eigenvalue weighted by Gasteiger charge is 2.10. The zero-order chi connectivity index (χ0) is 14.7. The molecule has 1 aromatic heterocycles. The number of aryl methyl sites for hydroxylation is 1. The number of halogens is 1. The van der Waals surface area contributed by atoms with E-state index in [1.807, 2.05) is 18.2 Å². The van der Waals surface area contributed by atoms with E-state index in [9.17, 15) is 0 Å². The first-order valence-corrected chi connectivity index (χ1v) is 7.39. The number of para-hydroxylation sites is 2. The number of fused-ring (bicyclic) bond motifs is 1. The second-order valence-electron chi connectivity index (χ2n) is 5.19. The van der Waals surface area contributed by atoms with Crippen LogP contribution < -0.4 is 17.1 Å². The Bertz CT molecular complexity index is 734. The topological polar surface area (TPSA) is 27.1 Å². The summed E-state index contributed by atoms with van der Waals surface area (Å²) in [6, 6.07) is 16.6. The van der Waals surface area contributed by atoms with Crippen LogP contribution in [0.3, 0.4) is 0 Å². The molecule has 0 radical (unpaired) electrons. The molecule has 0 aliphatic rings. The summed E-state index contributed by atoms with van der Waals surface area (Å²) in [5.74, 6) is 2.02. The van der Waals surface area contributed by atoms with Crippen molar-refractivity contribution >= 4 is 11.0 Å². The first-order valence-electron chi connectivity index (χ1n) is 7.39. The Balaban J connectivity index is 0.00000176. The number of aromatic nitrogens is 2. The van der Waals surface area contributed by atoms with E-state index in [2.05, 4.69) is 41.8 Å². The molecule has 1 heterocycles. The predicted molar refractivity (Wildman–Crippen MR) is 85.8 cm³/mol. The van der Waals surface area contributed by atoms with Crippen LogP contribution in [0.25, 0.3) is 11.0 Å². The van der Waals surface area contributed by atoms with Crippen molar-refractivity contribution in [3.05, 3.63) is 59.9 Å². The maximum atomic E-state index is 5.21. The van der Waals surface area contributed by atoms with Crippen LogP contribution in [0.15, 0.2) is 48.5 Å². The first kappa shape index (κ1) is 16.4. The van der Waals surface area contributed by atoms with Crippen molar-refractivity contribution in [3.8, 4) is 5.75 Å². The molecule has 0 saturated carbocycles. The summed E-state index contributed by atoms with van der Waals surface area (Å²) in [5, 5.41) is 0. The van der Waals surface area contributed by atoms with E-state index in [-0.39, 0.29) is 12.4 Å². The number of ether oxygens (including phenoxy) is 1. The Kier molecular flexibility index (Phi) is 5.45. The van der Waals surface area contributed by atoms with Crippen LogP contribution in [-0.4, -0.2) is 16.7 Å². The standard InChI is InChI=1S/C18H20N2O.ClH/c1-3-12-20-17-7-5-4-6-16(17)19-18(20)13-14-8-10-15(21-2)11-9-14;/h4-11H,3,12-13H2,1-2H3;1H/p-1. The second-order valence-corrected chi connectivity index (χ2v) is 5.19. The quantitative estimate of drug-likeness (QED) is 0.704. The third kappa shape index (κ3) is 3.25. The van der Waals surface area contributed by atoms with Gasteiger partial charge in [-0.25, -0.2) is 4.98 Å². The van der Waals surface area contributed by atoms with Crippen molar-refractivity contribution < 1.29 is 17.1 Å². The molecule has 0 bridgehead atoms. The smallest absolute Gasteiger partial charge is 0.118 e. The van der Waals surface area contributed by atoms with Crippen LogP contribution in [0.1, 0.15) is 24.7 Å². The molecule has 0 spiro atoms. The molecule has 0 aliphatic carbocycles. The molecule has 0 N–H and O–H groups in total. The van der Waals surface area contributed by atoms with Gasteiger partial charge in [0, 0.05) is 13.0 Å². The summed E-state index contributed by atoms with van der Waals surface area (Å²) >= 11 is 0. The molecule has 0 saturated heterocycles. The summed E-state index contributed by atoms with van der Waals surface area (Å²) in [6.07, 6.45) is 1.95. The Hall–Kier alpha value is -2.00. The maximum absolute atomic E-state index is 5.21. The minimum absolute atomic E-state index is 0. The van der Waals surface area contributed by atoms with Crippen molar-refractivity contribution in [1.82, 2.24) is 9.55 Å². The highest BCUT2D eigenvalue weighted by molar-refractivity contribution is 5.76. The van der Waals surface area contributed by atoms with Gasteiger partial charge in [0.05, 0.1) is 18.1 Å². The number of hydrogen-bond acceptors (Lipinski definition) is 2. The van der Waals surface area contributed by atoms with Gasteiger partial charge < -0.3 is 21.7 Å². The van der Waals surface area contributed by atoms with Gasteiger partial charge in [0.25, 0.3) is 0 Å². The van der Waals surface area contributed by atoms with Crippen molar-refractivity contribution in [2.75, 3.05) is 7.11 Å². The van der Waals surface area contributed by atoms with E-state index in [1.165, 1.54) is 11.1 Å². The van der Waals surface area contributed by atoms with Crippen LogP contribution >= 0.6 is 0 Å². The maximum Gasteiger partial charge on any atom is 0.118 e. The highest BCUT2D eigenvalue weighted by atomic mass is 35.5. The van der Waals surface area contributed by atoms with Crippen LogP contribution in [0, 0.1) is 0 Å². The minimum atomic E-state index is 0. The predicted octanol–water partition coefficient (Wildman–Crippen LogP) is 1.05. The van der Waals surface area contributed by atoms with Crippen LogP contribution in [0.2, 0.25) is 0 Å². The van der Waals surface area contributed by atoms with Gasteiger partial charge in [-0.3, -0.25) is 0 Å². The Labute approximate surface area is 137 Å². The highest BCUT2D eigenvalue weighted by Crippen LogP contribution is 2.20. The SMILES string of the molecule is CCCn1c(Cc2ccc(OC)cc2)nc2ccccc21.[Cl-]. The van der Waals surface area contributed by atoms with Gasteiger partial charge in [0.15, 0.2) is 0 Å². The lowest BCUT2D eigenvalue weighted by atomic mass is 10.1. The van der Waals surface area contributed by atoms with E-state index < -0.39 is 0 Å². The number of methoxy groups -OCH3 is 1. The number of rotatable bonds is 5. The first-order chi connectivity index (χ1) is 10.3. The van der Waals surface area contributed by atoms with Crippen molar-refractivity contribution in [3.63, 3.8) is 0 Å². The Morgan fingerprint density at radius 2 is 1.77 bits per heavy atom. The lowest BCUT2D eigenvalue weighted by molar-refractivity contribution is -0.00000473. The normalized spacial score (nSPS) is 10.5. The summed E-state index contributed by atoms with van der Waals surface area (Å²) < 4.78 is 7.54. The largest absolute Gasteiger partial charge is 1.00 e. The van der Waals surface area contributed by atoms with Gasteiger partial charge in [0.2, 0.25) is 0 Å². The number of nitrogens with zero attached hydrogens (tertiary/aromatic N) is 2. The van der Waals surface area contributed by atoms with Gasteiger partial charge in [0.1, 0.15) is 11.6 Å². The average Bonchev–Trinajstić information content (AvgIpc) is 2.86. The zero-order valence-corrected chi connectivity index (χ0v) is 13.7. The molecule has 0 fully saturated rings. The second kappa shape index (κ2) is 7.32. The molecular formula is C18H20ClN2O-. The third-order valence-corrected chi connectivity index (χ3v) is 3.70. The number of hydrogen-bond donors (Lipinski definition) is 0. The van der Waals surface area contributed by atoms with E-state index in [4.69, 9.17) is 9.72 Å². The average molecular weight is 316 g/mol. The Morgan fingerprint density at radius 3 is 2.45 bits per heavy atom. The fourth-order valence-corrected chi connectivity index (χ4v) is 2.66. The minimum Gasteiger partial charge on any atom is -1.00 e. The molecule has 3 aromatic rings. The van der Waals surface area contributed by atoms with E-state index in [0.717, 1.165) is 36.5 Å². The lowest BCUT2D eigenvalue weighted by Crippen LogP contribution is -3.00. The molecule has 0 amide bonds. The zero-order valence-electron chi connectivity index (χ0n) is 12.9. The monoisotopic (exact) mass is 315 g/mol. The molecule has 22 heavy (non-hydrogen) atoms. The van der Waals surface area contributed by atoms with Crippen LogP contribution in [-0.2, 0) is 13.0 Å². The molecule has 3 nitrogen and oxygen atoms in total. The molecule has 0 aliphatic heterocycles. The van der Waals surface area contributed by atoms with E-state index in [1.54, 1.807) is 7.11 Å². The van der Waals surface area contributed by atoms with Gasteiger partial charge in [-0.05, 0) is 36.2 Å². The van der Waals surface area contributed by atoms with Crippen molar-refractivity contribution in [2.24, 2.45) is 0 Å².